The van der Waals surface area contributed by atoms with Crippen molar-refractivity contribution >= 4 is 19.8 Å². The Morgan fingerprint density at radius 3 is 1.10 bits per heavy atom. The maximum Gasteiger partial charge on any atom is 0.472 e. The van der Waals surface area contributed by atoms with Gasteiger partial charge in [-0.15, -0.1) is 0 Å². The van der Waals surface area contributed by atoms with Crippen LogP contribution in [0.15, 0.2) is 24.3 Å². The maximum atomic E-state index is 12.8. The Hall–Kier alpha value is -1.67. The van der Waals surface area contributed by atoms with Crippen LogP contribution in [0.3, 0.4) is 0 Å². The average molecular weight is 1030 g/mol. The van der Waals surface area contributed by atoms with Gasteiger partial charge in [0, 0.05) is 12.8 Å². The molecular weight excluding hydrogens is 924 g/mol. The van der Waals surface area contributed by atoms with Gasteiger partial charge in [-0.3, -0.25) is 18.6 Å². The molecule has 71 heavy (non-hydrogen) atoms. The van der Waals surface area contributed by atoms with Crippen LogP contribution in [0, 0.1) is 0 Å². The molecule has 0 aliphatic rings. The van der Waals surface area contributed by atoms with Crippen LogP contribution >= 0.6 is 7.82 Å². The van der Waals surface area contributed by atoms with E-state index in [1.807, 2.05) is 0 Å². The number of hydrogen-bond donors (Lipinski definition) is 6. The number of ether oxygens (including phenoxy) is 2. The molecule has 0 aliphatic heterocycles. The van der Waals surface area contributed by atoms with Crippen molar-refractivity contribution in [1.82, 2.24) is 0 Å². The first kappa shape index (κ1) is 69.3. The fraction of sp³-hybridized carbons (Fsp3) is 0.895. The largest absolute Gasteiger partial charge is 0.472 e. The van der Waals surface area contributed by atoms with Crippen molar-refractivity contribution in [2.24, 2.45) is 0 Å². The van der Waals surface area contributed by atoms with E-state index >= 15 is 0 Å². The minimum atomic E-state index is -4.91. The Balaban J connectivity index is 4.47. The number of phosphoric ester groups is 1. The Bertz CT molecular complexity index is 1280. The summed E-state index contributed by atoms with van der Waals surface area (Å²) in [5, 5.41) is 48.4. The Labute approximate surface area is 433 Å². The van der Waals surface area contributed by atoms with E-state index in [1.165, 1.54) is 148 Å². The summed E-state index contributed by atoms with van der Waals surface area (Å²) in [5.41, 5.74) is 0. The van der Waals surface area contributed by atoms with Gasteiger partial charge in [-0.25, -0.2) is 4.57 Å². The summed E-state index contributed by atoms with van der Waals surface area (Å²) in [4.78, 5) is 35.7. The van der Waals surface area contributed by atoms with Crippen molar-refractivity contribution in [3.63, 3.8) is 0 Å². The van der Waals surface area contributed by atoms with Crippen LogP contribution < -0.4 is 0 Å². The minimum Gasteiger partial charge on any atom is -0.462 e. The summed E-state index contributed by atoms with van der Waals surface area (Å²) in [6, 6.07) is 0. The molecule has 0 fully saturated rings. The molecule has 13 nitrogen and oxygen atoms in total. The van der Waals surface area contributed by atoms with E-state index in [2.05, 4.69) is 38.2 Å². The monoisotopic (exact) mass is 1030 g/mol. The quantitative estimate of drug-likeness (QED) is 0.0145. The SMILES string of the molecule is CCCCCCCCCCCCCC=CCCCCCCCCC(=O)OC[C@H](COP(=O)(O)OC[C@@H](O)[C@@H](O)[C@H](O)[C@H](O)CO)OC(=O)CCCCCCCC/C=C\CCCCCCCCCCCCC. The molecule has 0 bridgehead atoms. The molecule has 0 aliphatic carbocycles. The molecule has 6 atom stereocenters. The molecule has 0 aromatic carbocycles. The molecular formula is C57H109O13P. The second kappa shape index (κ2) is 51.8. The smallest absolute Gasteiger partial charge is 0.462 e. The maximum absolute atomic E-state index is 12.8. The van der Waals surface area contributed by atoms with Crippen molar-refractivity contribution in [3.8, 4) is 0 Å². The molecule has 0 aromatic heterocycles. The van der Waals surface area contributed by atoms with Gasteiger partial charge in [-0.2, -0.15) is 0 Å². The lowest BCUT2D eigenvalue weighted by molar-refractivity contribution is -0.161. The number of unbranched alkanes of at least 4 members (excludes halogenated alkanes) is 34. The molecule has 0 rings (SSSR count). The first-order chi connectivity index (χ1) is 34.5. The van der Waals surface area contributed by atoms with Gasteiger partial charge in [-0.05, 0) is 64.2 Å². The topological polar surface area (TPSA) is 210 Å². The van der Waals surface area contributed by atoms with E-state index < -0.39 is 76.7 Å². The predicted molar refractivity (Wildman–Crippen MR) is 288 cm³/mol. The first-order valence-corrected chi connectivity index (χ1v) is 30.6. The van der Waals surface area contributed by atoms with E-state index in [1.54, 1.807) is 0 Å². The summed E-state index contributed by atoms with van der Waals surface area (Å²) in [6.45, 7) is 1.58. The van der Waals surface area contributed by atoms with Crippen LogP contribution in [0.25, 0.3) is 0 Å². The lowest BCUT2D eigenvalue weighted by Crippen LogP contribution is -2.47. The molecule has 0 amide bonds. The van der Waals surface area contributed by atoms with Crippen molar-refractivity contribution in [1.29, 1.82) is 0 Å². The van der Waals surface area contributed by atoms with Gasteiger partial charge >= 0.3 is 19.8 Å². The number of esters is 2. The Morgan fingerprint density at radius 2 is 0.732 bits per heavy atom. The Morgan fingerprint density at radius 1 is 0.423 bits per heavy atom. The van der Waals surface area contributed by atoms with Crippen molar-refractivity contribution in [2.75, 3.05) is 26.4 Å². The highest BCUT2D eigenvalue weighted by atomic mass is 31.2. The van der Waals surface area contributed by atoms with Crippen LogP contribution in [0.1, 0.15) is 271 Å². The molecule has 14 heteroatoms. The van der Waals surface area contributed by atoms with Gasteiger partial charge in [0.05, 0.1) is 19.8 Å². The van der Waals surface area contributed by atoms with E-state index in [0.717, 1.165) is 83.5 Å². The normalized spacial score (nSPS) is 15.0. The number of carbonyl (C=O) groups is 2. The highest BCUT2D eigenvalue weighted by molar-refractivity contribution is 7.47. The van der Waals surface area contributed by atoms with Crippen molar-refractivity contribution in [2.45, 2.75) is 301 Å². The third-order valence-corrected chi connectivity index (χ3v) is 14.1. The van der Waals surface area contributed by atoms with Gasteiger partial charge in [-0.1, -0.05) is 218 Å². The summed E-state index contributed by atoms with van der Waals surface area (Å²) >= 11 is 0. The molecule has 0 spiro atoms. The third-order valence-electron chi connectivity index (χ3n) is 13.2. The predicted octanol–water partition coefficient (Wildman–Crippen LogP) is 13.8. The van der Waals surface area contributed by atoms with Crippen molar-refractivity contribution < 1.29 is 63.1 Å². The van der Waals surface area contributed by atoms with Gasteiger partial charge in [0.1, 0.15) is 31.0 Å². The average Bonchev–Trinajstić information content (AvgIpc) is 3.36. The molecule has 0 saturated carbocycles. The summed E-state index contributed by atoms with van der Waals surface area (Å²) in [5.74, 6) is -1.06. The third kappa shape index (κ3) is 47.8. The van der Waals surface area contributed by atoms with Gasteiger partial charge in [0.25, 0.3) is 0 Å². The van der Waals surface area contributed by atoms with Crippen LogP contribution in [0.2, 0.25) is 0 Å². The zero-order valence-corrected chi connectivity index (χ0v) is 46.2. The standard InChI is InChI=1S/C57H109O13P/c1-3-5-7-9-11-13-15-17-19-21-23-25-27-29-31-33-35-37-39-41-43-45-54(61)67-48-51(49-68-71(65,66)69-50-53(60)57(64)56(63)52(59)47-58)70-55(62)46-44-42-40-38-36-34-32-30-28-26-24-22-20-18-16-14-12-10-8-6-4-2/h27-30,51-53,56-60,63-64H,3-26,31-50H2,1-2H3,(H,65,66)/b29-27?,30-28-/t51-,52-,53-,56-,57-/m1/s1. The van der Waals surface area contributed by atoms with Gasteiger partial charge in [0.15, 0.2) is 6.10 Å². The highest BCUT2D eigenvalue weighted by Gasteiger charge is 2.33. The number of aliphatic hydroxyl groups excluding tert-OH is 5. The van der Waals surface area contributed by atoms with Gasteiger partial charge < -0.3 is 39.9 Å². The number of hydrogen-bond acceptors (Lipinski definition) is 12. The van der Waals surface area contributed by atoms with E-state index in [4.69, 9.17) is 23.6 Å². The number of phosphoric acid groups is 1. The van der Waals surface area contributed by atoms with Crippen LogP contribution in [-0.4, -0.2) is 99.3 Å². The number of allylic oxidation sites excluding steroid dienone is 4. The fourth-order valence-corrected chi connectivity index (χ4v) is 9.24. The van der Waals surface area contributed by atoms with Crippen LogP contribution in [-0.2, 0) is 32.7 Å². The van der Waals surface area contributed by atoms with Gasteiger partial charge in [0.2, 0.25) is 0 Å². The highest BCUT2D eigenvalue weighted by Crippen LogP contribution is 2.43. The lowest BCUT2D eigenvalue weighted by Gasteiger charge is -2.26. The number of aliphatic hydroxyl groups is 5. The minimum absolute atomic E-state index is 0.112. The lowest BCUT2D eigenvalue weighted by atomic mass is 10.0. The molecule has 1 unspecified atom stereocenters. The summed E-state index contributed by atoms with van der Waals surface area (Å²) in [7, 11) is -4.91. The molecule has 0 heterocycles. The zero-order valence-electron chi connectivity index (χ0n) is 45.3. The molecule has 0 radical (unpaired) electrons. The fourth-order valence-electron chi connectivity index (χ4n) is 8.47. The van der Waals surface area contributed by atoms with E-state index in [-0.39, 0.29) is 12.8 Å². The summed E-state index contributed by atoms with van der Waals surface area (Å²) < 4.78 is 33.3. The number of carbonyl (C=O) groups excluding carboxylic acids is 2. The van der Waals surface area contributed by atoms with Crippen LogP contribution in [0.4, 0.5) is 0 Å². The molecule has 6 N–H and O–H groups in total. The second-order valence-corrected chi connectivity index (χ2v) is 21.5. The molecule has 420 valence electrons. The second-order valence-electron chi connectivity index (χ2n) is 20.1. The van der Waals surface area contributed by atoms with Crippen LogP contribution in [0.5, 0.6) is 0 Å². The molecule has 0 saturated heterocycles. The van der Waals surface area contributed by atoms with Crippen molar-refractivity contribution in [3.05, 3.63) is 24.3 Å². The van der Waals surface area contributed by atoms with E-state index in [0.29, 0.717) is 12.8 Å². The summed E-state index contributed by atoms with van der Waals surface area (Å²) in [6.07, 6.45) is 46.8. The zero-order chi connectivity index (χ0) is 52.3. The first-order valence-electron chi connectivity index (χ1n) is 29.1. The number of rotatable bonds is 55. The van der Waals surface area contributed by atoms with E-state index in [9.17, 15) is 39.5 Å². The molecule has 0 aromatic rings. The Kier molecular flexibility index (Phi) is 50.6.